The SMILES string of the molecule is O=C(O)CC(C(=O)O)(C(=O)OC(=O)O)S(=O)(=O)O. The van der Waals surface area contributed by atoms with Crippen molar-refractivity contribution in [3.8, 4) is 0 Å². The van der Waals surface area contributed by atoms with Gasteiger partial charge in [0.25, 0.3) is 14.9 Å². The summed E-state index contributed by atoms with van der Waals surface area (Å²) in [5.74, 6) is -7.12. The van der Waals surface area contributed by atoms with E-state index in [1.807, 2.05) is 0 Å². The van der Waals surface area contributed by atoms with E-state index >= 15 is 0 Å². The van der Waals surface area contributed by atoms with Gasteiger partial charge in [0.1, 0.15) is 0 Å². The first kappa shape index (κ1) is 15.8. The molecule has 4 N–H and O–H groups in total. The van der Waals surface area contributed by atoms with Gasteiger partial charge in [-0.15, -0.1) is 0 Å². The molecule has 12 heteroatoms. The van der Waals surface area contributed by atoms with Gasteiger partial charge in [-0.05, 0) is 0 Å². The van der Waals surface area contributed by atoms with Crippen LogP contribution in [0.3, 0.4) is 0 Å². The van der Waals surface area contributed by atoms with E-state index in [0.29, 0.717) is 0 Å². The Kier molecular flexibility index (Phi) is 4.36. The molecule has 102 valence electrons. The van der Waals surface area contributed by atoms with E-state index in [-0.39, 0.29) is 0 Å². The van der Waals surface area contributed by atoms with Crippen LogP contribution in [0.2, 0.25) is 0 Å². The van der Waals surface area contributed by atoms with Gasteiger partial charge in [0.15, 0.2) is 0 Å². The van der Waals surface area contributed by atoms with E-state index in [2.05, 4.69) is 4.74 Å². The second-order valence-electron chi connectivity index (χ2n) is 2.83. The maximum Gasteiger partial charge on any atom is 0.513 e. The fraction of sp³-hybridized carbons (Fsp3) is 0.333. The van der Waals surface area contributed by atoms with Gasteiger partial charge in [0.05, 0.1) is 6.42 Å². The van der Waals surface area contributed by atoms with Crippen LogP contribution in [0.1, 0.15) is 6.42 Å². The lowest BCUT2D eigenvalue weighted by atomic mass is 10.1. The van der Waals surface area contributed by atoms with Crippen molar-refractivity contribution in [3.63, 3.8) is 0 Å². The predicted octanol–water partition coefficient (Wildman–Crippen LogP) is -1.61. The fourth-order valence-corrected chi connectivity index (χ4v) is 1.70. The second kappa shape index (κ2) is 4.97. The number of carboxylic acids is 2. The number of ether oxygens (including phenoxy) is 1. The largest absolute Gasteiger partial charge is 0.513 e. The molecule has 11 nitrogen and oxygen atoms in total. The lowest BCUT2D eigenvalue weighted by molar-refractivity contribution is -0.157. The van der Waals surface area contributed by atoms with Crippen LogP contribution in [-0.2, 0) is 29.2 Å². The molecule has 0 heterocycles. The zero-order valence-electron chi connectivity index (χ0n) is 8.26. The zero-order valence-corrected chi connectivity index (χ0v) is 9.08. The summed E-state index contributed by atoms with van der Waals surface area (Å²) in [4.78, 5) is 42.2. The van der Waals surface area contributed by atoms with Crippen molar-refractivity contribution in [3.05, 3.63) is 0 Å². The minimum atomic E-state index is -5.78. The van der Waals surface area contributed by atoms with Crippen LogP contribution in [-0.4, -0.2) is 57.1 Å². The van der Waals surface area contributed by atoms with E-state index in [1.165, 1.54) is 0 Å². The third-order valence-corrected chi connectivity index (χ3v) is 3.06. The summed E-state index contributed by atoms with van der Waals surface area (Å²) in [6.45, 7) is 0. The van der Waals surface area contributed by atoms with Crippen LogP contribution in [0.15, 0.2) is 0 Å². The van der Waals surface area contributed by atoms with Gasteiger partial charge >= 0.3 is 24.1 Å². The molecule has 0 aromatic rings. The number of esters is 1. The van der Waals surface area contributed by atoms with E-state index in [9.17, 15) is 27.6 Å². The minimum absolute atomic E-state index is 1.91. The number of carbonyl (C=O) groups is 4. The quantitative estimate of drug-likeness (QED) is 0.258. The molecule has 1 atom stereocenters. The Bertz CT molecular complexity index is 502. The fourth-order valence-electron chi connectivity index (χ4n) is 0.917. The molecule has 0 radical (unpaired) electrons. The number of carboxylic acid groups (broad SMARTS) is 3. The third kappa shape index (κ3) is 2.92. The maximum absolute atomic E-state index is 11.1. The summed E-state index contributed by atoms with van der Waals surface area (Å²) in [6, 6.07) is 0. The van der Waals surface area contributed by atoms with Crippen LogP contribution in [0.25, 0.3) is 0 Å². The van der Waals surface area contributed by atoms with E-state index in [4.69, 9.17) is 19.9 Å². The highest BCUT2D eigenvalue weighted by molar-refractivity contribution is 7.89. The first-order chi connectivity index (χ1) is 7.95. The summed E-state index contributed by atoms with van der Waals surface area (Å²) >= 11 is 0. The highest BCUT2D eigenvalue weighted by atomic mass is 32.2. The van der Waals surface area contributed by atoms with Gasteiger partial charge in [-0.1, -0.05) is 0 Å². The Labute approximate surface area is 98.3 Å². The maximum atomic E-state index is 11.1. The Hall–Kier alpha value is -2.21. The highest BCUT2D eigenvalue weighted by Gasteiger charge is 2.61. The summed E-state index contributed by atoms with van der Waals surface area (Å²) in [6.07, 6.45) is -4.27. The smallest absolute Gasteiger partial charge is 0.481 e. The van der Waals surface area contributed by atoms with Gasteiger partial charge in [-0.25, -0.2) is 14.4 Å². The molecule has 0 aliphatic heterocycles. The molecule has 0 rings (SSSR count). The van der Waals surface area contributed by atoms with Crippen molar-refractivity contribution >= 4 is 34.2 Å². The Morgan fingerprint density at radius 3 is 1.72 bits per heavy atom. The van der Waals surface area contributed by atoms with Crippen molar-refractivity contribution in [1.82, 2.24) is 0 Å². The van der Waals surface area contributed by atoms with Gasteiger partial charge in [0, 0.05) is 0 Å². The molecule has 0 fully saturated rings. The van der Waals surface area contributed by atoms with Crippen LogP contribution in [0.5, 0.6) is 0 Å². The van der Waals surface area contributed by atoms with Crippen molar-refractivity contribution < 1.29 is 52.2 Å². The molecule has 0 aromatic carbocycles. The van der Waals surface area contributed by atoms with E-state index < -0.39 is 45.3 Å². The van der Waals surface area contributed by atoms with Crippen LogP contribution < -0.4 is 0 Å². The Morgan fingerprint density at radius 2 is 1.50 bits per heavy atom. The van der Waals surface area contributed by atoms with Crippen LogP contribution in [0.4, 0.5) is 4.79 Å². The van der Waals surface area contributed by atoms with Crippen LogP contribution >= 0.6 is 0 Å². The molecule has 0 saturated heterocycles. The lowest BCUT2D eigenvalue weighted by Crippen LogP contribution is -2.55. The highest BCUT2D eigenvalue weighted by Crippen LogP contribution is 2.24. The van der Waals surface area contributed by atoms with Crippen molar-refractivity contribution in [2.24, 2.45) is 0 Å². The number of rotatable bonds is 5. The monoisotopic (exact) mass is 286 g/mol. The van der Waals surface area contributed by atoms with E-state index in [1.54, 1.807) is 0 Å². The molecule has 0 spiro atoms. The number of hydrogen-bond acceptors (Lipinski definition) is 7. The number of hydrogen-bond donors (Lipinski definition) is 4. The molecule has 0 amide bonds. The minimum Gasteiger partial charge on any atom is -0.481 e. The average Bonchev–Trinajstić information content (AvgIpc) is 2.09. The molecular formula is C6H6O11S. The summed E-state index contributed by atoms with van der Waals surface area (Å²) in [5, 5.41) is 25.0. The Balaban J connectivity index is 5.94. The molecular weight excluding hydrogens is 280 g/mol. The molecule has 0 aliphatic rings. The molecule has 18 heavy (non-hydrogen) atoms. The molecule has 0 aliphatic carbocycles. The Morgan fingerprint density at radius 1 is 1.06 bits per heavy atom. The predicted molar refractivity (Wildman–Crippen MR) is 48.3 cm³/mol. The second-order valence-corrected chi connectivity index (χ2v) is 4.48. The molecule has 0 bridgehead atoms. The third-order valence-electron chi connectivity index (χ3n) is 1.70. The van der Waals surface area contributed by atoms with Crippen LogP contribution in [0, 0.1) is 0 Å². The zero-order chi connectivity index (χ0) is 14.7. The van der Waals surface area contributed by atoms with Gasteiger partial charge in [-0.3, -0.25) is 9.35 Å². The summed E-state index contributed by atoms with van der Waals surface area (Å²) < 4.78 is 29.8. The molecule has 0 saturated carbocycles. The normalized spacial score (nSPS) is 14.3. The summed E-state index contributed by atoms with van der Waals surface area (Å²) in [5.41, 5.74) is 0. The standard InChI is InChI=1S/C6H6O11S/c7-2(8)1-6(3(9)10,18(14,15)16)4(11)17-5(12)13/h1H2,(H,7,8)(H,9,10)(H,12,13)(H,14,15,16). The van der Waals surface area contributed by atoms with Gasteiger partial charge in [0.2, 0.25) is 0 Å². The van der Waals surface area contributed by atoms with Crippen molar-refractivity contribution in [2.45, 2.75) is 11.2 Å². The first-order valence-electron chi connectivity index (χ1n) is 3.82. The van der Waals surface area contributed by atoms with Crippen molar-refractivity contribution in [1.29, 1.82) is 0 Å². The van der Waals surface area contributed by atoms with Crippen molar-refractivity contribution in [2.75, 3.05) is 0 Å². The molecule has 0 aromatic heterocycles. The number of carbonyl (C=O) groups excluding carboxylic acids is 1. The number of aliphatic carboxylic acids is 2. The topological polar surface area (TPSA) is 193 Å². The van der Waals surface area contributed by atoms with Gasteiger partial charge < -0.3 is 20.1 Å². The lowest BCUT2D eigenvalue weighted by Gasteiger charge is -2.20. The average molecular weight is 286 g/mol. The van der Waals surface area contributed by atoms with Gasteiger partial charge in [-0.2, -0.15) is 8.42 Å². The van der Waals surface area contributed by atoms with E-state index in [0.717, 1.165) is 0 Å². The first-order valence-corrected chi connectivity index (χ1v) is 5.26. The summed E-state index contributed by atoms with van der Waals surface area (Å²) in [7, 11) is -5.78. The molecule has 1 unspecified atom stereocenters.